The number of halogens is 1. The molecule has 7 heteroatoms. The van der Waals surface area contributed by atoms with Gasteiger partial charge < -0.3 is 19.5 Å². The normalized spacial score (nSPS) is 18.3. The lowest BCUT2D eigenvalue weighted by atomic mass is 9.95. The molecule has 0 aromatic heterocycles. The number of benzene rings is 2. The van der Waals surface area contributed by atoms with Crippen molar-refractivity contribution in [1.82, 2.24) is 4.90 Å². The second-order valence-electron chi connectivity index (χ2n) is 6.49. The highest BCUT2D eigenvalue weighted by molar-refractivity contribution is 9.10. The Hall–Kier alpha value is -2.64. The molecule has 1 fully saturated rings. The van der Waals surface area contributed by atoms with Gasteiger partial charge in [-0.3, -0.25) is 9.59 Å². The lowest BCUT2D eigenvalue weighted by Crippen LogP contribution is -2.32. The van der Waals surface area contributed by atoms with Crippen LogP contribution in [0.15, 0.2) is 58.6 Å². The zero-order chi connectivity index (χ0) is 21.0. The van der Waals surface area contributed by atoms with E-state index in [0.717, 1.165) is 4.47 Å². The van der Waals surface area contributed by atoms with Crippen molar-refractivity contribution in [2.45, 2.75) is 13.0 Å². The van der Waals surface area contributed by atoms with Gasteiger partial charge in [0.2, 0.25) is 0 Å². The Morgan fingerprint density at radius 2 is 1.76 bits per heavy atom. The van der Waals surface area contributed by atoms with Crippen molar-refractivity contribution in [3.63, 3.8) is 0 Å². The van der Waals surface area contributed by atoms with Crippen molar-refractivity contribution >= 4 is 33.4 Å². The molecule has 1 N–H and O–H groups in total. The van der Waals surface area contributed by atoms with Gasteiger partial charge in [0.15, 0.2) is 0 Å². The van der Waals surface area contributed by atoms with Gasteiger partial charge in [0.05, 0.1) is 24.8 Å². The van der Waals surface area contributed by atoms with E-state index < -0.39 is 17.7 Å². The number of Topliss-reactive ketones (excluding diaryl/α,β-unsaturated/α-hetero) is 1. The highest BCUT2D eigenvalue weighted by atomic mass is 79.9. The molecule has 2 aromatic rings. The number of hydrogen-bond donors (Lipinski definition) is 1. The summed E-state index contributed by atoms with van der Waals surface area (Å²) in [6.07, 6.45) is 0. The Morgan fingerprint density at radius 1 is 1.10 bits per heavy atom. The summed E-state index contributed by atoms with van der Waals surface area (Å²) in [5, 5.41) is 10.9. The summed E-state index contributed by atoms with van der Waals surface area (Å²) >= 11 is 3.35. The monoisotopic (exact) mass is 459 g/mol. The molecule has 1 atom stereocenters. The number of carbonyl (C=O) groups excluding carboxylic acids is 2. The van der Waals surface area contributed by atoms with E-state index in [9.17, 15) is 14.7 Å². The van der Waals surface area contributed by atoms with Crippen molar-refractivity contribution in [3.05, 3.63) is 69.7 Å². The summed E-state index contributed by atoms with van der Waals surface area (Å²) in [5.41, 5.74) is 1.24. The Balaban J connectivity index is 2.10. The van der Waals surface area contributed by atoms with E-state index in [1.54, 1.807) is 48.5 Å². The highest BCUT2D eigenvalue weighted by Crippen LogP contribution is 2.39. The second-order valence-corrected chi connectivity index (χ2v) is 7.41. The molecule has 3 rings (SSSR count). The molecule has 0 spiro atoms. The number of carbonyl (C=O) groups is 2. The maximum Gasteiger partial charge on any atom is 0.295 e. The maximum absolute atomic E-state index is 12.8. The molecule has 6 nitrogen and oxygen atoms in total. The molecular weight excluding hydrogens is 438 g/mol. The number of nitrogens with zero attached hydrogens (tertiary/aromatic N) is 1. The van der Waals surface area contributed by atoms with Crippen LogP contribution in [0.5, 0.6) is 5.75 Å². The summed E-state index contributed by atoms with van der Waals surface area (Å²) in [6, 6.07) is 13.4. The van der Waals surface area contributed by atoms with Crippen LogP contribution in [-0.2, 0) is 14.3 Å². The number of ether oxygens (including phenoxy) is 2. The summed E-state index contributed by atoms with van der Waals surface area (Å²) in [7, 11) is 1.53. The van der Waals surface area contributed by atoms with E-state index in [1.165, 1.54) is 12.0 Å². The fourth-order valence-electron chi connectivity index (χ4n) is 3.32. The van der Waals surface area contributed by atoms with Crippen molar-refractivity contribution in [3.8, 4) is 5.75 Å². The van der Waals surface area contributed by atoms with Crippen LogP contribution in [0.25, 0.3) is 5.76 Å². The molecule has 0 bridgehead atoms. The van der Waals surface area contributed by atoms with E-state index in [-0.39, 0.29) is 24.5 Å². The Labute approximate surface area is 177 Å². The van der Waals surface area contributed by atoms with Crippen molar-refractivity contribution in [2.75, 3.05) is 26.9 Å². The third-order valence-corrected chi connectivity index (χ3v) is 5.23. The van der Waals surface area contributed by atoms with Gasteiger partial charge in [-0.25, -0.2) is 0 Å². The fraction of sp³-hybridized carbons (Fsp3) is 0.273. The molecule has 1 aliphatic rings. The number of rotatable bonds is 7. The lowest BCUT2D eigenvalue weighted by molar-refractivity contribution is -0.140. The van der Waals surface area contributed by atoms with Gasteiger partial charge >= 0.3 is 0 Å². The van der Waals surface area contributed by atoms with Crippen LogP contribution in [-0.4, -0.2) is 48.6 Å². The fourth-order valence-corrected chi connectivity index (χ4v) is 3.59. The Kier molecular flexibility index (Phi) is 6.71. The first-order chi connectivity index (χ1) is 14.0. The van der Waals surface area contributed by atoms with Gasteiger partial charge in [-0.1, -0.05) is 40.2 Å². The summed E-state index contributed by atoms with van der Waals surface area (Å²) in [4.78, 5) is 27.0. The minimum atomic E-state index is -0.708. The van der Waals surface area contributed by atoms with Gasteiger partial charge in [0, 0.05) is 23.7 Å². The number of hydrogen-bond acceptors (Lipinski definition) is 5. The second kappa shape index (κ2) is 9.24. The quantitative estimate of drug-likeness (QED) is 0.385. The first kappa shape index (κ1) is 21.1. The number of ketones is 1. The predicted octanol–water partition coefficient (Wildman–Crippen LogP) is 3.92. The van der Waals surface area contributed by atoms with Crippen LogP contribution < -0.4 is 4.74 Å². The lowest BCUT2D eigenvalue weighted by Gasteiger charge is -2.25. The van der Waals surface area contributed by atoms with Crippen LogP contribution in [0.2, 0.25) is 0 Å². The molecule has 1 aliphatic heterocycles. The zero-order valence-corrected chi connectivity index (χ0v) is 17.8. The van der Waals surface area contributed by atoms with Crippen molar-refractivity contribution in [1.29, 1.82) is 0 Å². The molecule has 152 valence electrons. The molecule has 0 radical (unpaired) electrons. The number of likely N-dealkylation sites (tertiary alicyclic amines) is 1. The van der Waals surface area contributed by atoms with Gasteiger partial charge in [0.25, 0.3) is 11.7 Å². The molecule has 0 aliphatic carbocycles. The third-order valence-electron chi connectivity index (χ3n) is 4.70. The number of methoxy groups -OCH3 is 1. The van der Waals surface area contributed by atoms with Crippen LogP contribution in [0.4, 0.5) is 0 Å². The molecule has 1 heterocycles. The summed E-state index contributed by atoms with van der Waals surface area (Å²) in [6.45, 7) is 2.94. The van der Waals surface area contributed by atoms with Gasteiger partial charge in [0.1, 0.15) is 11.5 Å². The molecular formula is C22H22BrNO5. The minimum Gasteiger partial charge on any atom is -0.507 e. The summed E-state index contributed by atoms with van der Waals surface area (Å²) in [5.74, 6) is -0.868. The van der Waals surface area contributed by atoms with Crippen LogP contribution in [0.3, 0.4) is 0 Å². The predicted molar refractivity (Wildman–Crippen MR) is 113 cm³/mol. The topological polar surface area (TPSA) is 76.1 Å². The highest BCUT2D eigenvalue weighted by Gasteiger charge is 2.45. The first-order valence-electron chi connectivity index (χ1n) is 9.24. The van der Waals surface area contributed by atoms with Gasteiger partial charge in [-0.15, -0.1) is 0 Å². The van der Waals surface area contributed by atoms with E-state index in [2.05, 4.69) is 15.9 Å². The average molecular weight is 460 g/mol. The Morgan fingerprint density at radius 3 is 2.34 bits per heavy atom. The van der Waals surface area contributed by atoms with Crippen LogP contribution >= 0.6 is 15.9 Å². The number of aliphatic hydroxyl groups is 1. The first-order valence-corrected chi connectivity index (χ1v) is 10.0. The molecule has 29 heavy (non-hydrogen) atoms. The van der Waals surface area contributed by atoms with E-state index >= 15 is 0 Å². The molecule has 1 saturated heterocycles. The van der Waals surface area contributed by atoms with E-state index in [4.69, 9.17) is 9.47 Å². The zero-order valence-electron chi connectivity index (χ0n) is 16.2. The summed E-state index contributed by atoms with van der Waals surface area (Å²) < 4.78 is 11.4. The van der Waals surface area contributed by atoms with Gasteiger partial charge in [-0.05, 0) is 36.8 Å². The molecule has 2 aromatic carbocycles. The van der Waals surface area contributed by atoms with Crippen molar-refractivity contribution in [2.24, 2.45) is 0 Å². The van der Waals surface area contributed by atoms with Crippen molar-refractivity contribution < 1.29 is 24.2 Å². The average Bonchev–Trinajstić information content (AvgIpc) is 2.98. The SMILES string of the molecule is CCOc1ccc(C2/C(=C(/O)c3ccc(Br)cc3)C(=O)C(=O)N2CCOC)cc1. The third kappa shape index (κ3) is 4.36. The molecule has 1 unspecified atom stereocenters. The van der Waals surface area contributed by atoms with Gasteiger partial charge in [-0.2, -0.15) is 0 Å². The number of amides is 1. The van der Waals surface area contributed by atoms with Crippen LogP contribution in [0, 0.1) is 0 Å². The number of aliphatic hydroxyl groups excluding tert-OH is 1. The molecule has 1 amide bonds. The van der Waals surface area contributed by atoms with E-state index in [1.807, 2.05) is 6.92 Å². The molecule has 0 saturated carbocycles. The Bertz CT molecular complexity index is 921. The van der Waals surface area contributed by atoms with E-state index in [0.29, 0.717) is 23.5 Å². The van der Waals surface area contributed by atoms with Crippen LogP contribution in [0.1, 0.15) is 24.1 Å². The standard InChI is InChI=1S/C22H22BrNO5/c1-3-29-17-10-6-14(7-11-17)19-18(20(25)15-4-8-16(23)9-5-15)21(26)22(27)24(19)12-13-28-2/h4-11,19,25H,3,12-13H2,1-2H3/b20-18-. The largest absolute Gasteiger partial charge is 0.507 e. The smallest absolute Gasteiger partial charge is 0.295 e. The minimum absolute atomic E-state index is 0.0672. The maximum atomic E-state index is 12.8.